The molecule has 0 aliphatic carbocycles. The van der Waals surface area contributed by atoms with Crippen molar-refractivity contribution in [1.82, 2.24) is 19.9 Å². The molecule has 2 aromatic carbocycles. The maximum atomic E-state index is 12.6. The van der Waals surface area contributed by atoms with E-state index in [9.17, 15) is 4.79 Å². The molecular formula is C27H27ClN4O2. The van der Waals surface area contributed by atoms with Crippen molar-refractivity contribution in [3.8, 4) is 22.4 Å². The van der Waals surface area contributed by atoms with E-state index in [4.69, 9.17) is 16.3 Å². The number of pyridine rings is 1. The van der Waals surface area contributed by atoms with Gasteiger partial charge in [0.15, 0.2) is 0 Å². The lowest BCUT2D eigenvalue weighted by molar-refractivity contribution is 0.0218. The number of aromatic amines is 1. The van der Waals surface area contributed by atoms with Crippen LogP contribution in [0.15, 0.2) is 60.9 Å². The lowest BCUT2D eigenvalue weighted by atomic mass is 10.0. The molecule has 174 valence electrons. The van der Waals surface area contributed by atoms with Gasteiger partial charge in [0.05, 0.1) is 17.9 Å². The Bertz CT molecular complexity index is 1340. The third kappa shape index (κ3) is 4.64. The lowest BCUT2D eigenvalue weighted by Crippen LogP contribution is -2.36. The summed E-state index contributed by atoms with van der Waals surface area (Å²) in [7, 11) is 0. The van der Waals surface area contributed by atoms with E-state index in [1.807, 2.05) is 33.0 Å². The first-order valence-corrected chi connectivity index (χ1v) is 11.9. The van der Waals surface area contributed by atoms with Crippen LogP contribution in [0.25, 0.3) is 33.2 Å². The third-order valence-electron chi connectivity index (χ3n) is 6.01. The maximum absolute atomic E-state index is 12.6. The second kappa shape index (κ2) is 8.76. The first-order valence-electron chi connectivity index (χ1n) is 11.5. The third-order valence-corrected chi connectivity index (χ3v) is 6.22. The van der Waals surface area contributed by atoms with Crippen LogP contribution in [0, 0.1) is 0 Å². The van der Waals surface area contributed by atoms with E-state index in [1.54, 1.807) is 11.1 Å². The van der Waals surface area contributed by atoms with Gasteiger partial charge in [-0.05, 0) is 67.8 Å². The predicted octanol–water partition coefficient (Wildman–Crippen LogP) is 7.02. The minimum atomic E-state index is -0.519. The Balaban J connectivity index is 1.34. The summed E-state index contributed by atoms with van der Waals surface area (Å²) in [6.45, 7) is 6.33. The monoisotopic (exact) mass is 474 g/mol. The van der Waals surface area contributed by atoms with Crippen molar-refractivity contribution in [2.45, 2.75) is 45.3 Å². The van der Waals surface area contributed by atoms with Crippen LogP contribution in [0.1, 0.15) is 45.5 Å². The van der Waals surface area contributed by atoms with E-state index in [1.165, 1.54) is 0 Å². The molecule has 1 fully saturated rings. The second-order valence-electron chi connectivity index (χ2n) is 9.66. The van der Waals surface area contributed by atoms with Crippen LogP contribution in [0.2, 0.25) is 5.15 Å². The van der Waals surface area contributed by atoms with Crippen molar-refractivity contribution in [2.24, 2.45) is 0 Å². The molecule has 5 rings (SSSR count). The summed E-state index contributed by atoms with van der Waals surface area (Å²) in [6, 6.07) is 16.4. The number of rotatable bonds is 3. The van der Waals surface area contributed by atoms with E-state index in [2.05, 4.69) is 57.4 Å². The number of likely N-dealkylation sites (tertiary alicyclic amines) is 1. The van der Waals surface area contributed by atoms with Crippen molar-refractivity contribution >= 4 is 28.5 Å². The molecule has 0 spiro atoms. The SMILES string of the molecule is CC(C)(C)OC(=O)N1CCC[C@H]1c1ncc(-c2ccc(-c3ccc4cc(Cl)ncc4c3)cc2)[nH]1. The highest BCUT2D eigenvalue weighted by molar-refractivity contribution is 6.30. The Morgan fingerprint density at radius 1 is 1.00 bits per heavy atom. The van der Waals surface area contributed by atoms with Crippen molar-refractivity contribution in [2.75, 3.05) is 6.54 Å². The van der Waals surface area contributed by atoms with Gasteiger partial charge in [-0.15, -0.1) is 0 Å². The molecule has 1 amide bonds. The summed E-state index contributed by atoms with van der Waals surface area (Å²) >= 11 is 6.00. The van der Waals surface area contributed by atoms with Gasteiger partial charge in [0.2, 0.25) is 0 Å². The quantitative estimate of drug-likeness (QED) is 0.324. The van der Waals surface area contributed by atoms with Crippen LogP contribution in [0.4, 0.5) is 4.79 Å². The summed E-state index contributed by atoms with van der Waals surface area (Å²) in [6.07, 6.45) is 5.15. The Hall–Kier alpha value is -3.38. The van der Waals surface area contributed by atoms with Crippen LogP contribution in [0.5, 0.6) is 0 Å². The van der Waals surface area contributed by atoms with E-state index in [-0.39, 0.29) is 12.1 Å². The van der Waals surface area contributed by atoms with Gasteiger partial charge in [-0.25, -0.2) is 14.8 Å². The first kappa shape index (κ1) is 22.4. The van der Waals surface area contributed by atoms with Gasteiger partial charge in [0.25, 0.3) is 0 Å². The van der Waals surface area contributed by atoms with Crippen LogP contribution < -0.4 is 0 Å². The molecule has 7 heteroatoms. The largest absolute Gasteiger partial charge is 0.444 e. The van der Waals surface area contributed by atoms with Gasteiger partial charge in [-0.2, -0.15) is 0 Å². The van der Waals surface area contributed by atoms with Crippen molar-refractivity contribution in [1.29, 1.82) is 0 Å². The number of ether oxygens (including phenoxy) is 1. The predicted molar refractivity (Wildman–Crippen MR) is 135 cm³/mol. The number of carbonyl (C=O) groups excluding carboxylic acids is 1. The van der Waals surface area contributed by atoms with Crippen molar-refractivity contribution < 1.29 is 9.53 Å². The van der Waals surface area contributed by atoms with Crippen molar-refractivity contribution in [3.05, 3.63) is 71.9 Å². The number of carbonyl (C=O) groups is 1. The van der Waals surface area contributed by atoms with Crippen LogP contribution in [-0.2, 0) is 4.74 Å². The molecule has 1 aliphatic heterocycles. The zero-order valence-electron chi connectivity index (χ0n) is 19.5. The molecule has 1 N–H and O–H groups in total. The number of nitrogens with one attached hydrogen (secondary N) is 1. The number of fused-ring (bicyclic) bond motifs is 1. The summed E-state index contributed by atoms with van der Waals surface area (Å²) < 4.78 is 5.59. The number of nitrogens with zero attached hydrogens (tertiary/aromatic N) is 3. The second-order valence-corrected chi connectivity index (χ2v) is 10.0. The maximum Gasteiger partial charge on any atom is 0.410 e. The van der Waals surface area contributed by atoms with Gasteiger partial charge in [0.1, 0.15) is 16.6 Å². The number of hydrogen-bond acceptors (Lipinski definition) is 4. The topological polar surface area (TPSA) is 71.1 Å². The standard InChI is InChI=1S/C27H27ClN4O2/c1-27(2,3)34-26(33)32-12-4-5-23(32)25-30-16-22(31-25)18-8-6-17(7-9-18)19-10-11-20-14-24(28)29-15-21(20)13-19/h6-11,13-16,23H,4-5,12H2,1-3H3,(H,30,31)/t23-/m0/s1. The van der Waals surface area contributed by atoms with Crippen molar-refractivity contribution in [3.63, 3.8) is 0 Å². The molecule has 0 bridgehead atoms. The van der Waals surface area contributed by atoms with Crippen LogP contribution >= 0.6 is 11.6 Å². The first-order chi connectivity index (χ1) is 16.3. The molecule has 0 radical (unpaired) electrons. The molecule has 1 saturated heterocycles. The number of halogens is 1. The molecule has 2 aromatic heterocycles. The lowest BCUT2D eigenvalue weighted by Gasteiger charge is -2.27. The minimum absolute atomic E-state index is 0.0948. The molecule has 1 atom stereocenters. The zero-order valence-corrected chi connectivity index (χ0v) is 20.3. The number of hydrogen-bond donors (Lipinski definition) is 1. The average Bonchev–Trinajstić information content (AvgIpc) is 3.47. The molecule has 4 aromatic rings. The molecule has 3 heterocycles. The van der Waals surface area contributed by atoms with E-state index < -0.39 is 5.60 Å². The smallest absolute Gasteiger partial charge is 0.410 e. The Morgan fingerprint density at radius 2 is 1.74 bits per heavy atom. The molecule has 0 saturated carbocycles. The fourth-order valence-electron chi connectivity index (χ4n) is 4.38. The molecule has 34 heavy (non-hydrogen) atoms. The average molecular weight is 475 g/mol. The van der Waals surface area contributed by atoms with Gasteiger partial charge in [-0.3, -0.25) is 4.90 Å². The Morgan fingerprint density at radius 3 is 2.50 bits per heavy atom. The van der Waals surface area contributed by atoms with Gasteiger partial charge in [-0.1, -0.05) is 48.0 Å². The molecule has 6 nitrogen and oxygen atoms in total. The summed E-state index contributed by atoms with van der Waals surface area (Å²) in [5, 5.41) is 2.61. The normalized spacial score (nSPS) is 16.2. The van der Waals surface area contributed by atoms with Gasteiger partial charge >= 0.3 is 6.09 Å². The highest BCUT2D eigenvalue weighted by Crippen LogP contribution is 2.33. The highest BCUT2D eigenvalue weighted by Gasteiger charge is 2.34. The number of H-pyrrole nitrogens is 1. The van der Waals surface area contributed by atoms with Gasteiger partial charge in [0, 0.05) is 18.1 Å². The van der Waals surface area contributed by atoms with Crippen LogP contribution in [-0.4, -0.2) is 38.1 Å². The summed E-state index contributed by atoms with van der Waals surface area (Å²) in [5.74, 6) is 0.795. The Labute approximate surface area is 203 Å². The zero-order chi connectivity index (χ0) is 23.9. The number of aromatic nitrogens is 3. The molecular weight excluding hydrogens is 448 g/mol. The van der Waals surface area contributed by atoms with E-state index in [0.717, 1.165) is 51.8 Å². The minimum Gasteiger partial charge on any atom is -0.444 e. The van der Waals surface area contributed by atoms with Crippen LogP contribution in [0.3, 0.4) is 0 Å². The molecule has 1 aliphatic rings. The summed E-state index contributed by atoms with van der Waals surface area (Å²) in [5.41, 5.74) is 3.68. The van der Waals surface area contributed by atoms with E-state index >= 15 is 0 Å². The van der Waals surface area contributed by atoms with Gasteiger partial charge < -0.3 is 9.72 Å². The van der Waals surface area contributed by atoms with E-state index in [0.29, 0.717) is 11.7 Å². The summed E-state index contributed by atoms with van der Waals surface area (Å²) in [4.78, 5) is 26.6. The Kier molecular flexibility index (Phi) is 5.78. The number of imidazole rings is 1. The highest BCUT2D eigenvalue weighted by atomic mass is 35.5. The molecule has 0 unspecified atom stereocenters. The number of benzene rings is 2. The fourth-order valence-corrected chi connectivity index (χ4v) is 4.55. The fraction of sp³-hybridized carbons (Fsp3) is 0.296. The number of amides is 1.